The van der Waals surface area contributed by atoms with E-state index < -0.39 is 0 Å². The molecule has 1 atom stereocenters. The molecule has 31 heavy (non-hydrogen) atoms. The van der Waals surface area contributed by atoms with E-state index in [1.54, 1.807) is 29.2 Å². The van der Waals surface area contributed by atoms with E-state index in [1.165, 1.54) is 5.56 Å². The number of hydrogen-bond donors (Lipinski definition) is 1. The van der Waals surface area contributed by atoms with Gasteiger partial charge in [0.15, 0.2) is 0 Å². The predicted molar refractivity (Wildman–Crippen MR) is 130 cm³/mol. The van der Waals surface area contributed by atoms with Gasteiger partial charge in [-0.3, -0.25) is 9.69 Å². The fourth-order valence-electron chi connectivity index (χ4n) is 3.65. The highest BCUT2D eigenvalue weighted by Crippen LogP contribution is 2.37. The molecule has 1 N–H and O–H groups in total. The van der Waals surface area contributed by atoms with E-state index in [1.807, 2.05) is 30.3 Å². The van der Waals surface area contributed by atoms with Gasteiger partial charge in [0.2, 0.25) is 0 Å². The van der Waals surface area contributed by atoms with Crippen LogP contribution >= 0.6 is 23.2 Å². The Kier molecular flexibility index (Phi) is 5.83. The van der Waals surface area contributed by atoms with Crippen molar-refractivity contribution < 1.29 is 4.79 Å². The third-order valence-electron chi connectivity index (χ3n) is 5.40. The molecule has 0 fully saturated rings. The zero-order valence-corrected chi connectivity index (χ0v) is 19.2. The van der Waals surface area contributed by atoms with Crippen LogP contribution in [0.15, 0.2) is 84.6 Å². The average Bonchev–Trinajstić information content (AvgIpc) is 3.06. The Morgan fingerprint density at radius 1 is 0.806 bits per heavy atom. The number of nitrogens with one attached hydrogen (secondary N) is 1. The molecule has 0 spiro atoms. The standard InChI is InChI=1S/C26H24Cl2N2O/c1-26(2,3)18-6-4-17(5-7-18)24-16-23(29-21-12-8-19(27)9-13-21)25(31)30(24)22-14-10-20(28)11-15-22/h4-16,24,29H,1-3H3. The first kappa shape index (κ1) is 21.5. The first-order valence-corrected chi connectivity index (χ1v) is 10.9. The maximum Gasteiger partial charge on any atom is 0.275 e. The number of rotatable bonds is 4. The van der Waals surface area contributed by atoms with Gasteiger partial charge in [0.05, 0.1) is 6.04 Å². The summed E-state index contributed by atoms with van der Waals surface area (Å²) in [7, 11) is 0. The van der Waals surface area contributed by atoms with Gasteiger partial charge in [0.25, 0.3) is 5.91 Å². The first-order chi connectivity index (χ1) is 14.7. The normalized spacial score (nSPS) is 16.4. The van der Waals surface area contributed by atoms with Crippen LogP contribution in [0, 0.1) is 0 Å². The van der Waals surface area contributed by atoms with Gasteiger partial charge in [-0.25, -0.2) is 0 Å². The van der Waals surface area contributed by atoms with Crippen molar-refractivity contribution >= 4 is 40.5 Å². The van der Waals surface area contributed by atoms with Crippen molar-refractivity contribution in [1.29, 1.82) is 0 Å². The Balaban J connectivity index is 1.71. The van der Waals surface area contributed by atoms with Crippen molar-refractivity contribution in [2.45, 2.75) is 32.2 Å². The van der Waals surface area contributed by atoms with Crippen LogP contribution < -0.4 is 10.2 Å². The summed E-state index contributed by atoms with van der Waals surface area (Å²) in [5, 5.41) is 4.53. The first-order valence-electron chi connectivity index (χ1n) is 10.2. The number of nitrogens with zero attached hydrogens (tertiary/aromatic N) is 1. The molecule has 3 aromatic rings. The van der Waals surface area contributed by atoms with Crippen molar-refractivity contribution in [3.63, 3.8) is 0 Å². The molecule has 1 aliphatic rings. The number of halogens is 2. The SMILES string of the molecule is CC(C)(C)c1ccc(C2C=C(Nc3ccc(Cl)cc3)C(=O)N2c2ccc(Cl)cc2)cc1. The van der Waals surface area contributed by atoms with Gasteiger partial charge in [-0.15, -0.1) is 0 Å². The lowest BCUT2D eigenvalue weighted by atomic mass is 9.86. The number of amides is 1. The molecular weight excluding hydrogens is 427 g/mol. The molecule has 3 nitrogen and oxygen atoms in total. The fraction of sp³-hybridized carbons (Fsp3) is 0.192. The van der Waals surface area contributed by atoms with Crippen molar-refractivity contribution in [3.8, 4) is 0 Å². The van der Waals surface area contributed by atoms with Gasteiger partial charge >= 0.3 is 0 Å². The van der Waals surface area contributed by atoms with E-state index in [2.05, 4.69) is 50.4 Å². The highest BCUT2D eigenvalue weighted by Gasteiger charge is 2.35. The topological polar surface area (TPSA) is 32.3 Å². The van der Waals surface area contributed by atoms with Gasteiger partial charge in [-0.1, -0.05) is 68.2 Å². The van der Waals surface area contributed by atoms with E-state index in [-0.39, 0.29) is 17.4 Å². The van der Waals surface area contributed by atoms with E-state index in [9.17, 15) is 4.79 Å². The second-order valence-electron chi connectivity index (χ2n) is 8.68. The summed E-state index contributed by atoms with van der Waals surface area (Å²) in [6.45, 7) is 6.57. The molecule has 4 rings (SSSR count). The molecule has 0 saturated heterocycles. The molecule has 0 aliphatic carbocycles. The lowest BCUT2D eigenvalue weighted by Gasteiger charge is -2.26. The quantitative estimate of drug-likeness (QED) is 0.449. The van der Waals surface area contributed by atoms with E-state index in [4.69, 9.17) is 23.2 Å². The van der Waals surface area contributed by atoms with Crippen molar-refractivity contribution in [3.05, 3.63) is 106 Å². The molecule has 158 valence electrons. The zero-order chi connectivity index (χ0) is 22.2. The third kappa shape index (κ3) is 4.63. The van der Waals surface area contributed by atoms with Crippen molar-refractivity contribution in [1.82, 2.24) is 0 Å². The lowest BCUT2D eigenvalue weighted by Crippen LogP contribution is -2.30. The number of benzene rings is 3. The Morgan fingerprint density at radius 3 is 1.90 bits per heavy atom. The number of hydrogen-bond acceptors (Lipinski definition) is 2. The minimum atomic E-state index is -0.225. The third-order valence-corrected chi connectivity index (χ3v) is 5.90. The molecular formula is C26H24Cl2N2O. The molecule has 0 aromatic heterocycles. The number of anilines is 2. The minimum Gasteiger partial charge on any atom is -0.351 e. The highest BCUT2D eigenvalue weighted by atomic mass is 35.5. The lowest BCUT2D eigenvalue weighted by molar-refractivity contribution is -0.114. The zero-order valence-electron chi connectivity index (χ0n) is 17.7. The van der Waals surface area contributed by atoms with E-state index in [0.29, 0.717) is 15.7 Å². The van der Waals surface area contributed by atoms with Gasteiger partial charge in [-0.05, 0) is 71.1 Å². The van der Waals surface area contributed by atoms with Crippen LogP contribution in [0.5, 0.6) is 0 Å². The van der Waals surface area contributed by atoms with Gasteiger partial charge in [-0.2, -0.15) is 0 Å². The van der Waals surface area contributed by atoms with Crippen molar-refractivity contribution in [2.75, 3.05) is 10.2 Å². The molecule has 0 bridgehead atoms. The summed E-state index contributed by atoms with van der Waals surface area (Å²) < 4.78 is 0. The summed E-state index contributed by atoms with van der Waals surface area (Å²) in [6.07, 6.45) is 1.97. The minimum absolute atomic E-state index is 0.0665. The highest BCUT2D eigenvalue weighted by molar-refractivity contribution is 6.31. The van der Waals surface area contributed by atoms with Crippen LogP contribution in [-0.4, -0.2) is 5.91 Å². The average molecular weight is 451 g/mol. The maximum atomic E-state index is 13.4. The summed E-state index contributed by atoms with van der Waals surface area (Å²) in [5.41, 5.74) is 4.50. The molecule has 0 saturated carbocycles. The predicted octanol–water partition coefficient (Wildman–Crippen LogP) is 7.37. The van der Waals surface area contributed by atoms with Gasteiger partial charge in [0.1, 0.15) is 5.70 Å². The Morgan fingerprint density at radius 2 is 1.35 bits per heavy atom. The van der Waals surface area contributed by atoms with E-state index >= 15 is 0 Å². The summed E-state index contributed by atoms with van der Waals surface area (Å²) in [4.78, 5) is 15.2. The smallest absolute Gasteiger partial charge is 0.275 e. The molecule has 5 heteroatoms. The second-order valence-corrected chi connectivity index (χ2v) is 9.55. The van der Waals surface area contributed by atoms with Crippen LogP contribution in [0.4, 0.5) is 11.4 Å². The van der Waals surface area contributed by atoms with Crippen LogP contribution in [-0.2, 0) is 10.2 Å². The second kappa shape index (κ2) is 8.41. The summed E-state index contributed by atoms with van der Waals surface area (Å²) in [6, 6.07) is 22.9. The van der Waals surface area contributed by atoms with Gasteiger partial charge in [0, 0.05) is 21.4 Å². The fourth-order valence-corrected chi connectivity index (χ4v) is 3.90. The summed E-state index contributed by atoms with van der Waals surface area (Å²) >= 11 is 12.1. The van der Waals surface area contributed by atoms with Crippen LogP contribution in [0.1, 0.15) is 37.9 Å². The van der Waals surface area contributed by atoms with Crippen molar-refractivity contribution in [2.24, 2.45) is 0 Å². The van der Waals surface area contributed by atoms with Crippen LogP contribution in [0.3, 0.4) is 0 Å². The Labute approximate surface area is 193 Å². The maximum absolute atomic E-state index is 13.4. The Bertz CT molecular complexity index is 1110. The molecule has 1 heterocycles. The van der Waals surface area contributed by atoms with Crippen LogP contribution in [0.25, 0.3) is 0 Å². The Hall–Kier alpha value is -2.75. The number of carbonyl (C=O) groups excluding carboxylic acids is 1. The molecule has 0 radical (unpaired) electrons. The molecule has 1 amide bonds. The number of carbonyl (C=O) groups is 1. The molecule has 1 unspecified atom stereocenters. The monoisotopic (exact) mass is 450 g/mol. The molecule has 1 aliphatic heterocycles. The summed E-state index contributed by atoms with van der Waals surface area (Å²) in [5.74, 6) is -0.0952. The van der Waals surface area contributed by atoms with E-state index in [0.717, 1.165) is 16.9 Å². The molecule has 3 aromatic carbocycles. The van der Waals surface area contributed by atoms with Gasteiger partial charge < -0.3 is 5.32 Å². The van der Waals surface area contributed by atoms with Crippen LogP contribution in [0.2, 0.25) is 10.0 Å². The largest absolute Gasteiger partial charge is 0.351 e.